The van der Waals surface area contributed by atoms with Crippen LogP contribution in [0.25, 0.3) is 16.5 Å². The summed E-state index contributed by atoms with van der Waals surface area (Å²) in [5.41, 5.74) is 0.878. The van der Waals surface area contributed by atoms with Gasteiger partial charge in [-0.15, -0.1) is 0 Å². The van der Waals surface area contributed by atoms with Gasteiger partial charge in [0.1, 0.15) is 11.5 Å². The van der Waals surface area contributed by atoms with Crippen LogP contribution in [0.2, 0.25) is 0 Å². The summed E-state index contributed by atoms with van der Waals surface area (Å²) in [7, 11) is 0. The van der Waals surface area contributed by atoms with E-state index in [0.717, 1.165) is 12.8 Å². The van der Waals surface area contributed by atoms with Crippen LogP contribution in [0.15, 0.2) is 47.4 Å². The molecule has 2 aromatic carbocycles. The number of unbranched alkanes of at least 4 members (excludes halogenated alkanes) is 1. The molecule has 27 heavy (non-hydrogen) atoms. The van der Waals surface area contributed by atoms with Crippen LogP contribution in [-0.4, -0.2) is 16.0 Å². The first kappa shape index (κ1) is 18.6. The van der Waals surface area contributed by atoms with Gasteiger partial charge in [0.2, 0.25) is 0 Å². The number of aryl methyl sites for hydroxylation is 1. The Morgan fingerprint density at radius 1 is 1.22 bits per heavy atom. The molecule has 3 rings (SSSR count). The van der Waals surface area contributed by atoms with Crippen LogP contribution in [0.1, 0.15) is 25.3 Å². The number of fused-ring (bicyclic) bond motifs is 1. The van der Waals surface area contributed by atoms with Crippen LogP contribution in [-0.2, 0) is 0 Å². The lowest BCUT2D eigenvalue weighted by atomic mass is 10.1. The van der Waals surface area contributed by atoms with Crippen LogP contribution in [0.3, 0.4) is 0 Å². The zero-order valence-electron chi connectivity index (χ0n) is 15.2. The van der Waals surface area contributed by atoms with E-state index < -0.39 is 10.7 Å². The summed E-state index contributed by atoms with van der Waals surface area (Å²) in [5, 5.41) is 15.2. The monoisotopic (exact) mass is 369 g/mol. The number of hydrogen-bond acceptors (Lipinski definition) is 4. The second-order valence-corrected chi connectivity index (χ2v) is 6.42. The number of nitro groups is 1. The number of halogens is 1. The van der Waals surface area contributed by atoms with Crippen molar-refractivity contribution in [2.75, 3.05) is 11.9 Å². The molecule has 0 unspecified atom stereocenters. The average Bonchev–Trinajstić information content (AvgIpc) is 2.64. The third-order valence-corrected chi connectivity index (χ3v) is 4.48. The molecule has 1 N–H and O–H groups in total. The minimum Gasteiger partial charge on any atom is -0.379 e. The van der Waals surface area contributed by atoms with Crippen molar-refractivity contribution in [1.82, 2.24) is 4.57 Å². The topological polar surface area (TPSA) is 77.2 Å². The van der Waals surface area contributed by atoms with Crippen molar-refractivity contribution in [3.8, 4) is 5.69 Å². The Balaban J connectivity index is 2.11. The fourth-order valence-electron chi connectivity index (χ4n) is 2.96. The summed E-state index contributed by atoms with van der Waals surface area (Å²) < 4.78 is 15.3. The third-order valence-electron chi connectivity index (χ3n) is 4.48. The van der Waals surface area contributed by atoms with Gasteiger partial charge in [-0.25, -0.2) is 4.39 Å². The van der Waals surface area contributed by atoms with Gasteiger partial charge in [0.25, 0.3) is 11.2 Å². The fourth-order valence-corrected chi connectivity index (χ4v) is 2.96. The number of rotatable bonds is 6. The normalized spacial score (nSPS) is 10.9. The summed E-state index contributed by atoms with van der Waals surface area (Å²) in [4.78, 5) is 23.6. The molecule has 0 saturated carbocycles. The number of aromatic nitrogens is 1. The van der Waals surface area contributed by atoms with Crippen molar-refractivity contribution in [2.45, 2.75) is 26.7 Å². The third kappa shape index (κ3) is 3.67. The number of anilines is 1. The van der Waals surface area contributed by atoms with Gasteiger partial charge < -0.3 is 5.32 Å². The molecule has 1 aromatic heterocycles. The molecular formula is C20H20FN3O3. The Labute approximate surface area is 155 Å². The van der Waals surface area contributed by atoms with Gasteiger partial charge in [-0.1, -0.05) is 13.3 Å². The summed E-state index contributed by atoms with van der Waals surface area (Å²) in [5.74, 6) is -0.442. The van der Waals surface area contributed by atoms with E-state index in [4.69, 9.17) is 0 Å². The van der Waals surface area contributed by atoms with Gasteiger partial charge in [0, 0.05) is 18.8 Å². The smallest absolute Gasteiger partial charge is 0.292 e. The van der Waals surface area contributed by atoms with Gasteiger partial charge in [-0.3, -0.25) is 19.5 Å². The quantitative estimate of drug-likeness (QED) is 0.393. The lowest BCUT2D eigenvalue weighted by molar-refractivity contribution is -0.384. The Hall–Kier alpha value is -3.22. The molecule has 0 aliphatic rings. The molecule has 0 aliphatic heterocycles. The van der Waals surface area contributed by atoms with Gasteiger partial charge in [-0.2, -0.15) is 0 Å². The molecule has 0 saturated heterocycles. The minimum atomic E-state index is -0.459. The van der Waals surface area contributed by atoms with E-state index in [1.54, 1.807) is 31.3 Å². The Kier molecular flexibility index (Phi) is 5.21. The van der Waals surface area contributed by atoms with E-state index in [0.29, 0.717) is 28.9 Å². The number of nitrogens with one attached hydrogen (secondary N) is 1. The van der Waals surface area contributed by atoms with Crippen molar-refractivity contribution in [3.63, 3.8) is 0 Å². The Morgan fingerprint density at radius 3 is 2.70 bits per heavy atom. The molecule has 6 nitrogen and oxygen atoms in total. The second-order valence-electron chi connectivity index (χ2n) is 6.42. The number of nitrogens with zero attached hydrogens (tertiary/aromatic N) is 2. The Morgan fingerprint density at radius 2 is 2.00 bits per heavy atom. The summed E-state index contributed by atoms with van der Waals surface area (Å²) in [6.45, 7) is 4.27. The van der Waals surface area contributed by atoms with Gasteiger partial charge in [0.15, 0.2) is 0 Å². The standard InChI is InChI=1S/C20H20FN3O3/c1-3-4-8-22-18-11-15(5-6-19(18)24(26)27)23-9-7-14-10-13(2)17(21)12-16(14)20(23)25/h5-7,9-12,22H,3-4,8H2,1-2H3. The molecule has 0 amide bonds. The van der Waals surface area contributed by atoms with Crippen molar-refractivity contribution < 1.29 is 9.31 Å². The predicted molar refractivity (Wildman–Crippen MR) is 104 cm³/mol. The molecule has 0 aliphatic carbocycles. The Bertz CT molecular complexity index is 1080. The number of pyridine rings is 1. The zero-order valence-corrected chi connectivity index (χ0v) is 15.2. The van der Waals surface area contributed by atoms with Crippen molar-refractivity contribution in [3.05, 3.63) is 74.4 Å². The van der Waals surface area contributed by atoms with Crippen LogP contribution < -0.4 is 10.9 Å². The molecule has 3 aromatic rings. The molecule has 0 atom stereocenters. The molecule has 0 radical (unpaired) electrons. The minimum absolute atomic E-state index is 0.0506. The highest BCUT2D eigenvalue weighted by atomic mass is 19.1. The van der Waals surface area contributed by atoms with Crippen molar-refractivity contribution in [1.29, 1.82) is 0 Å². The maximum Gasteiger partial charge on any atom is 0.292 e. The molecule has 0 spiro atoms. The first-order valence-electron chi connectivity index (χ1n) is 8.76. The maximum absolute atomic E-state index is 13.9. The second kappa shape index (κ2) is 7.57. The zero-order chi connectivity index (χ0) is 19.6. The average molecular weight is 369 g/mol. The SMILES string of the molecule is CCCCNc1cc(-n2ccc3cc(C)c(F)cc3c2=O)ccc1[N+](=O)[O-]. The van der Waals surface area contributed by atoms with E-state index >= 15 is 0 Å². The maximum atomic E-state index is 13.9. The van der Waals surface area contributed by atoms with Crippen molar-refractivity contribution in [2.24, 2.45) is 0 Å². The lowest BCUT2D eigenvalue weighted by Crippen LogP contribution is -2.18. The fraction of sp³-hybridized carbons (Fsp3) is 0.250. The summed E-state index contributed by atoms with van der Waals surface area (Å²) in [6, 6.07) is 9.05. The molecule has 0 bridgehead atoms. The first-order valence-corrected chi connectivity index (χ1v) is 8.76. The summed E-state index contributed by atoms with van der Waals surface area (Å²) >= 11 is 0. The lowest BCUT2D eigenvalue weighted by Gasteiger charge is -2.11. The van der Waals surface area contributed by atoms with E-state index in [2.05, 4.69) is 5.32 Å². The van der Waals surface area contributed by atoms with E-state index in [1.807, 2.05) is 6.92 Å². The number of hydrogen-bond donors (Lipinski definition) is 1. The molecular weight excluding hydrogens is 349 g/mol. The van der Waals surface area contributed by atoms with E-state index in [9.17, 15) is 19.3 Å². The first-order chi connectivity index (χ1) is 12.9. The van der Waals surface area contributed by atoms with Gasteiger partial charge in [-0.05, 0) is 54.6 Å². The number of nitro benzene ring substituents is 1. The van der Waals surface area contributed by atoms with E-state index in [1.165, 1.54) is 22.8 Å². The highest BCUT2D eigenvalue weighted by Gasteiger charge is 2.15. The van der Waals surface area contributed by atoms with Crippen LogP contribution in [0.4, 0.5) is 15.8 Å². The number of benzene rings is 2. The molecule has 7 heteroatoms. The molecule has 0 fully saturated rings. The predicted octanol–water partition coefficient (Wildman–Crippen LogP) is 4.56. The van der Waals surface area contributed by atoms with Gasteiger partial charge >= 0.3 is 0 Å². The molecule has 140 valence electrons. The van der Waals surface area contributed by atoms with Crippen LogP contribution >= 0.6 is 0 Å². The molecule has 1 heterocycles. The highest BCUT2D eigenvalue weighted by molar-refractivity contribution is 5.82. The van der Waals surface area contributed by atoms with Crippen molar-refractivity contribution >= 4 is 22.1 Å². The van der Waals surface area contributed by atoms with E-state index in [-0.39, 0.29) is 16.6 Å². The largest absolute Gasteiger partial charge is 0.379 e. The highest BCUT2D eigenvalue weighted by Crippen LogP contribution is 2.27. The van der Waals surface area contributed by atoms with Crippen LogP contribution in [0.5, 0.6) is 0 Å². The van der Waals surface area contributed by atoms with Crippen LogP contribution in [0, 0.1) is 22.9 Å². The van der Waals surface area contributed by atoms with Gasteiger partial charge in [0.05, 0.1) is 16.0 Å². The summed E-state index contributed by atoms with van der Waals surface area (Å²) in [6.07, 6.45) is 3.42.